The van der Waals surface area contributed by atoms with Crippen molar-refractivity contribution in [1.82, 2.24) is 5.32 Å². The maximum Gasteiger partial charge on any atom is 0.189 e. The Morgan fingerprint density at radius 1 is 1.05 bits per heavy atom. The Morgan fingerprint density at radius 3 is 2.10 bits per heavy atom. The minimum atomic E-state index is 0.487. The number of guanidine groups is 1. The number of nitrogens with two attached hydrogens (primary N) is 1. The molecule has 118 valence electrons. The van der Waals surface area contributed by atoms with Crippen molar-refractivity contribution in [1.29, 1.82) is 0 Å². The van der Waals surface area contributed by atoms with Gasteiger partial charge >= 0.3 is 0 Å². The second kappa shape index (κ2) is 5.17. The summed E-state index contributed by atoms with van der Waals surface area (Å²) in [7, 11) is 0. The van der Waals surface area contributed by atoms with E-state index < -0.39 is 0 Å². The first kappa shape index (κ1) is 13.9. The fraction of sp³-hybridized carbons (Fsp3) is 0.944. The highest BCUT2D eigenvalue weighted by atomic mass is 15.1. The lowest BCUT2D eigenvalue weighted by atomic mass is 9.48. The zero-order valence-electron chi connectivity index (χ0n) is 13.5. The van der Waals surface area contributed by atoms with E-state index >= 15 is 0 Å². The highest BCUT2D eigenvalue weighted by molar-refractivity contribution is 5.78. The molecule has 1 atom stereocenters. The molecule has 3 nitrogen and oxygen atoms in total. The molecule has 1 unspecified atom stereocenters. The molecule has 0 spiro atoms. The molecule has 3 heteroatoms. The quantitative estimate of drug-likeness (QED) is 0.617. The molecule has 5 rings (SSSR count). The van der Waals surface area contributed by atoms with Crippen molar-refractivity contribution in [2.75, 3.05) is 0 Å². The molecular weight excluding hydrogens is 258 g/mol. The van der Waals surface area contributed by atoms with Crippen LogP contribution in [0.1, 0.15) is 71.1 Å². The van der Waals surface area contributed by atoms with E-state index in [1.807, 2.05) is 0 Å². The molecule has 0 aliphatic heterocycles. The molecule has 0 aromatic rings. The van der Waals surface area contributed by atoms with Crippen LogP contribution in [-0.2, 0) is 0 Å². The summed E-state index contributed by atoms with van der Waals surface area (Å²) >= 11 is 0. The molecule has 5 saturated carbocycles. The van der Waals surface area contributed by atoms with E-state index in [9.17, 15) is 0 Å². The molecule has 5 aliphatic rings. The lowest BCUT2D eigenvalue weighted by Crippen LogP contribution is -2.56. The molecule has 0 amide bonds. The summed E-state index contributed by atoms with van der Waals surface area (Å²) < 4.78 is 0. The van der Waals surface area contributed by atoms with Crippen molar-refractivity contribution in [3.8, 4) is 0 Å². The standard InChI is InChI=1S/C18H31N3/c1-12(20-17(19)21-16-4-2-3-5-16)18-9-13-6-14(10-18)8-15(7-13)11-18/h12-16H,2-11H2,1H3,(H3,19,20,21). The van der Waals surface area contributed by atoms with E-state index in [1.54, 1.807) is 0 Å². The lowest BCUT2D eigenvalue weighted by Gasteiger charge is -2.59. The molecular formula is C18H31N3. The van der Waals surface area contributed by atoms with Gasteiger partial charge in [-0.3, -0.25) is 4.99 Å². The Hall–Kier alpha value is -0.730. The molecule has 0 saturated heterocycles. The summed E-state index contributed by atoms with van der Waals surface area (Å²) in [4.78, 5) is 4.73. The summed E-state index contributed by atoms with van der Waals surface area (Å²) in [5.41, 5.74) is 6.73. The van der Waals surface area contributed by atoms with Crippen LogP contribution in [0.25, 0.3) is 0 Å². The van der Waals surface area contributed by atoms with Gasteiger partial charge in [-0.2, -0.15) is 0 Å². The third-order valence-electron chi connectivity index (χ3n) is 7.01. The lowest BCUT2D eigenvalue weighted by molar-refractivity contribution is -0.0673. The van der Waals surface area contributed by atoms with E-state index in [2.05, 4.69) is 12.2 Å². The highest BCUT2D eigenvalue weighted by Gasteiger charge is 2.53. The van der Waals surface area contributed by atoms with E-state index in [0.29, 0.717) is 23.5 Å². The second-order valence-corrected chi connectivity index (χ2v) is 8.60. The average molecular weight is 289 g/mol. The van der Waals surface area contributed by atoms with E-state index in [1.165, 1.54) is 64.2 Å². The van der Waals surface area contributed by atoms with Gasteiger partial charge in [0.1, 0.15) is 0 Å². The molecule has 4 bridgehead atoms. The topological polar surface area (TPSA) is 50.4 Å². The number of nitrogens with zero attached hydrogens (tertiary/aromatic N) is 1. The van der Waals surface area contributed by atoms with Gasteiger partial charge in [0.15, 0.2) is 5.96 Å². The molecule has 5 fully saturated rings. The Morgan fingerprint density at radius 2 is 1.57 bits per heavy atom. The number of rotatable bonds is 3. The van der Waals surface area contributed by atoms with E-state index in [-0.39, 0.29) is 0 Å². The number of hydrogen-bond donors (Lipinski definition) is 2. The summed E-state index contributed by atoms with van der Waals surface area (Å²) in [5.74, 6) is 3.74. The largest absolute Gasteiger partial charge is 0.370 e. The van der Waals surface area contributed by atoms with Crippen molar-refractivity contribution in [3.63, 3.8) is 0 Å². The number of nitrogens with one attached hydrogen (secondary N) is 1. The van der Waals surface area contributed by atoms with Crippen LogP contribution in [0.2, 0.25) is 0 Å². The molecule has 0 radical (unpaired) electrons. The zero-order valence-corrected chi connectivity index (χ0v) is 13.5. The van der Waals surface area contributed by atoms with Crippen molar-refractivity contribution < 1.29 is 0 Å². The van der Waals surface area contributed by atoms with Crippen molar-refractivity contribution in [2.24, 2.45) is 33.9 Å². The summed E-state index contributed by atoms with van der Waals surface area (Å²) in [6.07, 6.45) is 13.9. The van der Waals surface area contributed by atoms with Gasteiger partial charge < -0.3 is 11.1 Å². The Bertz CT molecular complexity index is 387. The van der Waals surface area contributed by atoms with Crippen LogP contribution in [0, 0.1) is 23.2 Å². The first-order valence-corrected chi connectivity index (χ1v) is 9.23. The second-order valence-electron chi connectivity index (χ2n) is 8.60. The van der Waals surface area contributed by atoms with Gasteiger partial charge in [-0.25, -0.2) is 0 Å². The minimum Gasteiger partial charge on any atom is -0.370 e. The van der Waals surface area contributed by atoms with Crippen LogP contribution < -0.4 is 11.1 Å². The predicted octanol–water partition coefficient (Wildman–Crippen LogP) is 3.44. The Kier molecular flexibility index (Phi) is 3.42. The van der Waals surface area contributed by atoms with Gasteiger partial charge in [0, 0.05) is 6.04 Å². The smallest absolute Gasteiger partial charge is 0.189 e. The van der Waals surface area contributed by atoms with Crippen LogP contribution >= 0.6 is 0 Å². The van der Waals surface area contributed by atoms with Crippen LogP contribution in [0.4, 0.5) is 0 Å². The monoisotopic (exact) mass is 289 g/mol. The first-order valence-electron chi connectivity index (χ1n) is 9.23. The fourth-order valence-electron chi connectivity index (χ4n) is 6.35. The third-order valence-corrected chi connectivity index (χ3v) is 7.01. The maximum absolute atomic E-state index is 6.21. The molecule has 0 aromatic carbocycles. The van der Waals surface area contributed by atoms with Crippen LogP contribution in [0.3, 0.4) is 0 Å². The van der Waals surface area contributed by atoms with Gasteiger partial charge in [0.25, 0.3) is 0 Å². The molecule has 3 N–H and O–H groups in total. The van der Waals surface area contributed by atoms with Gasteiger partial charge in [0.2, 0.25) is 0 Å². The number of hydrogen-bond acceptors (Lipinski definition) is 1. The van der Waals surface area contributed by atoms with Crippen molar-refractivity contribution in [3.05, 3.63) is 0 Å². The van der Waals surface area contributed by atoms with E-state index in [4.69, 9.17) is 10.7 Å². The predicted molar refractivity (Wildman–Crippen MR) is 87.1 cm³/mol. The highest BCUT2D eigenvalue weighted by Crippen LogP contribution is 2.61. The fourth-order valence-corrected chi connectivity index (χ4v) is 6.35. The van der Waals surface area contributed by atoms with Crippen LogP contribution in [0.15, 0.2) is 4.99 Å². The zero-order chi connectivity index (χ0) is 14.4. The van der Waals surface area contributed by atoms with E-state index in [0.717, 1.165) is 17.8 Å². The average Bonchev–Trinajstić information content (AvgIpc) is 2.89. The maximum atomic E-state index is 6.21. The SMILES string of the molecule is CC(NC(N)=NC1CCCC1)C12CC3CC(CC(C3)C1)C2. The summed E-state index contributed by atoms with van der Waals surface area (Å²) in [5, 5.41) is 3.59. The Labute approximate surface area is 129 Å². The normalized spacial score (nSPS) is 44.2. The molecule has 0 aromatic heterocycles. The van der Waals surface area contributed by atoms with Crippen LogP contribution in [-0.4, -0.2) is 18.0 Å². The summed E-state index contributed by atoms with van der Waals surface area (Å²) in [6, 6.07) is 0.983. The van der Waals surface area contributed by atoms with Crippen molar-refractivity contribution >= 4 is 5.96 Å². The molecule has 0 heterocycles. The molecule has 5 aliphatic carbocycles. The molecule has 21 heavy (non-hydrogen) atoms. The van der Waals surface area contributed by atoms with Gasteiger partial charge in [0.05, 0.1) is 6.04 Å². The van der Waals surface area contributed by atoms with Crippen molar-refractivity contribution in [2.45, 2.75) is 83.2 Å². The summed E-state index contributed by atoms with van der Waals surface area (Å²) in [6.45, 7) is 2.37. The minimum absolute atomic E-state index is 0.487. The number of aliphatic imine (C=N–C) groups is 1. The first-order chi connectivity index (χ1) is 10.1. The van der Waals surface area contributed by atoms with Crippen LogP contribution in [0.5, 0.6) is 0 Å². The Balaban J connectivity index is 1.43. The van der Waals surface area contributed by atoms with Gasteiger partial charge in [-0.05, 0) is 81.5 Å². The van der Waals surface area contributed by atoms with Gasteiger partial charge in [-0.1, -0.05) is 12.8 Å². The van der Waals surface area contributed by atoms with Gasteiger partial charge in [-0.15, -0.1) is 0 Å². The third kappa shape index (κ3) is 2.57.